The maximum absolute atomic E-state index is 11.8. The molecule has 0 unspecified atom stereocenters. The van der Waals surface area contributed by atoms with Crippen LogP contribution >= 0.6 is 0 Å². The Morgan fingerprint density at radius 1 is 1.18 bits per heavy atom. The molecule has 1 heterocycles. The molecule has 0 atom stereocenters. The Kier molecular flexibility index (Phi) is 3.40. The average Bonchev–Trinajstić information content (AvgIpc) is 2.51. The number of hydrogen-bond donors (Lipinski definition) is 1. The fourth-order valence-corrected chi connectivity index (χ4v) is 3.28. The Balaban J connectivity index is 2.65. The molecule has 0 spiro atoms. The van der Waals surface area contributed by atoms with Crippen molar-refractivity contribution in [3.05, 3.63) is 23.3 Å². The third-order valence-corrected chi connectivity index (χ3v) is 4.25. The van der Waals surface area contributed by atoms with Crippen molar-refractivity contribution in [2.45, 2.75) is 17.7 Å². The molecule has 1 aliphatic heterocycles. The van der Waals surface area contributed by atoms with Gasteiger partial charge in [-0.15, -0.1) is 0 Å². The highest BCUT2D eigenvalue weighted by Gasteiger charge is 2.21. The summed E-state index contributed by atoms with van der Waals surface area (Å²) in [5, 5.41) is 3.27. The van der Waals surface area contributed by atoms with Crippen LogP contribution in [-0.2, 0) is 22.7 Å². The molecule has 5 heteroatoms. The lowest BCUT2D eigenvalue weighted by atomic mass is 10.0. The second-order valence-corrected chi connectivity index (χ2v) is 6.23. The minimum Gasteiger partial charge on any atom is -0.496 e. The smallest absolute Gasteiger partial charge is 0.175 e. The molecule has 0 aromatic heterocycles. The van der Waals surface area contributed by atoms with E-state index in [0.29, 0.717) is 4.90 Å². The number of benzene rings is 1. The van der Waals surface area contributed by atoms with Gasteiger partial charge in [0.1, 0.15) is 5.75 Å². The highest BCUT2D eigenvalue weighted by atomic mass is 32.2. The van der Waals surface area contributed by atoms with E-state index in [0.717, 1.165) is 42.8 Å². The van der Waals surface area contributed by atoms with Crippen molar-refractivity contribution < 1.29 is 13.2 Å². The van der Waals surface area contributed by atoms with Crippen molar-refractivity contribution in [2.75, 3.05) is 26.5 Å². The first-order valence-corrected chi connectivity index (χ1v) is 7.52. The highest BCUT2D eigenvalue weighted by molar-refractivity contribution is 7.90. The molecule has 0 saturated heterocycles. The van der Waals surface area contributed by atoms with E-state index in [1.165, 1.54) is 6.26 Å². The predicted octanol–water partition coefficient (Wildman–Crippen LogP) is 0.787. The first-order valence-electron chi connectivity index (χ1n) is 5.63. The van der Waals surface area contributed by atoms with Crippen LogP contribution in [0.15, 0.2) is 17.0 Å². The van der Waals surface area contributed by atoms with E-state index in [9.17, 15) is 8.42 Å². The Morgan fingerprint density at radius 3 is 2.41 bits per heavy atom. The second kappa shape index (κ2) is 4.66. The van der Waals surface area contributed by atoms with Crippen LogP contribution < -0.4 is 10.1 Å². The molecule has 94 valence electrons. The van der Waals surface area contributed by atoms with Gasteiger partial charge in [-0.3, -0.25) is 0 Å². The summed E-state index contributed by atoms with van der Waals surface area (Å²) in [6.45, 7) is 1.67. The van der Waals surface area contributed by atoms with E-state index < -0.39 is 9.84 Å². The fourth-order valence-electron chi connectivity index (χ4n) is 2.29. The molecule has 0 aliphatic carbocycles. The van der Waals surface area contributed by atoms with Crippen LogP contribution in [0.4, 0.5) is 0 Å². The molecule has 1 aliphatic rings. The molecule has 2 rings (SSSR count). The zero-order valence-corrected chi connectivity index (χ0v) is 10.9. The molecule has 1 aromatic carbocycles. The van der Waals surface area contributed by atoms with Crippen LogP contribution in [0.2, 0.25) is 0 Å². The number of methoxy groups -OCH3 is 1. The Labute approximate surface area is 102 Å². The normalized spacial score (nSPS) is 16.1. The Morgan fingerprint density at radius 2 is 1.82 bits per heavy atom. The van der Waals surface area contributed by atoms with Gasteiger partial charge in [0.05, 0.1) is 12.0 Å². The average molecular weight is 255 g/mol. The van der Waals surface area contributed by atoms with Gasteiger partial charge in [-0.1, -0.05) is 0 Å². The maximum Gasteiger partial charge on any atom is 0.175 e. The van der Waals surface area contributed by atoms with Crippen LogP contribution in [0.1, 0.15) is 11.1 Å². The maximum atomic E-state index is 11.8. The number of hydrogen-bond acceptors (Lipinski definition) is 4. The molecule has 1 aromatic rings. The van der Waals surface area contributed by atoms with Crippen molar-refractivity contribution in [1.29, 1.82) is 0 Å². The van der Waals surface area contributed by atoms with Crippen molar-refractivity contribution in [3.8, 4) is 5.75 Å². The third kappa shape index (κ3) is 2.45. The molecule has 17 heavy (non-hydrogen) atoms. The zero-order valence-electron chi connectivity index (χ0n) is 10.1. The van der Waals surface area contributed by atoms with Gasteiger partial charge in [-0.25, -0.2) is 8.42 Å². The molecule has 0 bridgehead atoms. The standard InChI is InChI=1S/C12H17NO3S/c1-16-11-3-4-12(17(2,14)15)10-6-8-13-7-5-9(10)11/h3-4,13H,5-8H2,1-2H3. The molecular weight excluding hydrogens is 238 g/mol. The van der Waals surface area contributed by atoms with Crippen molar-refractivity contribution in [2.24, 2.45) is 0 Å². The number of fused-ring (bicyclic) bond motifs is 1. The van der Waals surface area contributed by atoms with E-state index in [1.807, 2.05) is 0 Å². The topological polar surface area (TPSA) is 55.4 Å². The van der Waals surface area contributed by atoms with Gasteiger partial charge >= 0.3 is 0 Å². The van der Waals surface area contributed by atoms with Crippen molar-refractivity contribution in [1.82, 2.24) is 5.32 Å². The van der Waals surface area contributed by atoms with Gasteiger partial charge in [0.2, 0.25) is 0 Å². The Hall–Kier alpha value is -1.07. The summed E-state index contributed by atoms with van der Waals surface area (Å²) in [6.07, 6.45) is 2.80. The first-order chi connectivity index (χ1) is 8.04. The number of sulfone groups is 1. The molecule has 4 nitrogen and oxygen atoms in total. The zero-order chi connectivity index (χ0) is 12.5. The number of ether oxygens (including phenoxy) is 1. The number of nitrogens with one attached hydrogen (secondary N) is 1. The summed E-state index contributed by atoms with van der Waals surface area (Å²) in [5.74, 6) is 0.788. The van der Waals surface area contributed by atoms with Crippen LogP contribution in [0.5, 0.6) is 5.75 Å². The largest absolute Gasteiger partial charge is 0.496 e. The first kappa shape index (κ1) is 12.4. The summed E-state index contributed by atoms with van der Waals surface area (Å²) < 4.78 is 28.8. The lowest BCUT2D eigenvalue weighted by Crippen LogP contribution is -2.16. The van der Waals surface area contributed by atoms with E-state index in [-0.39, 0.29) is 0 Å². The van der Waals surface area contributed by atoms with Gasteiger partial charge in [0, 0.05) is 6.26 Å². The minimum atomic E-state index is -3.17. The van der Waals surface area contributed by atoms with Crippen LogP contribution in [0.25, 0.3) is 0 Å². The predicted molar refractivity (Wildman–Crippen MR) is 66.4 cm³/mol. The van der Waals surface area contributed by atoms with E-state index in [2.05, 4.69) is 5.32 Å². The molecular formula is C12H17NO3S. The monoisotopic (exact) mass is 255 g/mol. The van der Waals surface area contributed by atoms with E-state index in [4.69, 9.17) is 4.74 Å². The van der Waals surface area contributed by atoms with Gasteiger partial charge in [-0.05, 0) is 49.2 Å². The SMILES string of the molecule is COc1ccc(S(C)(=O)=O)c2c1CCNCC2. The second-order valence-electron chi connectivity index (χ2n) is 4.25. The number of rotatable bonds is 2. The summed E-state index contributed by atoms with van der Waals surface area (Å²) in [7, 11) is -1.55. The molecule has 1 N–H and O–H groups in total. The van der Waals surface area contributed by atoms with Crippen LogP contribution in [-0.4, -0.2) is 34.9 Å². The van der Waals surface area contributed by atoms with Crippen LogP contribution in [0, 0.1) is 0 Å². The fraction of sp³-hybridized carbons (Fsp3) is 0.500. The van der Waals surface area contributed by atoms with Crippen LogP contribution in [0.3, 0.4) is 0 Å². The highest BCUT2D eigenvalue weighted by Crippen LogP contribution is 2.30. The molecule has 0 saturated carbocycles. The molecule has 0 fully saturated rings. The minimum absolute atomic E-state index is 0.442. The van der Waals surface area contributed by atoms with Crippen molar-refractivity contribution >= 4 is 9.84 Å². The summed E-state index contributed by atoms with van der Waals surface area (Å²) in [6, 6.07) is 3.40. The van der Waals surface area contributed by atoms with Crippen molar-refractivity contribution in [3.63, 3.8) is 0 Å². The lowest BCUT2D eigenvalue weighted by molar-refractivity contribution is 0.408. The lowest BCUT2D eigenvalue weighted by Gasteiger charge is -2.14. The quantitative estimate of drug-likeness (QED) is 0.849. The molecule has 0 radical (unpaired) electrons. The molecule has 0 amide bonds. The van der Waals surface area contributed by atoms with Gasteiger partial charge in [0.25, 0.3) is 0 Å². The van der Waals surface area contributed by atoms with E-state index in [1.54, 1.807) is 19.2 Å². The summed E-state index contributed by atoms with van der Waals surface area (Å²) >= 11 is 0. The van der Waals surface area contributed by atoms with Gasteiger partial charge < -0.3 is 10.1 Å². The summed E-state index contributed by atoms with van der Waals surface area (Å²) in [5.41, 5.74) is 1.94. The van der Waals surface area contributed by atoms with E-state index >= 15 is 0 Å². The van der Waals surface area contributed by atoms with Gasteiger partial charge in [-0.2, -0.15) is 0 Å². The summed E-state index contributed by atoms with van der Waals surface area (Å²) in [4.78, 5) is 0.442. The Bertz CT molecular complexity index is 523. The van der Waals surface area contributed by atoms with Gasteiger partial charge in [0.15, 0.2) is 9.84 Å². The third-order valence-electron chi connectivity index (χ3n) is 3.07.